The van der Waals surface area contributed by atoms with E-state index in [9.17, 15) is 19.2 Å². The van der Waals surface area contributed by atoms with Gasteiger partial charge in [0.15, 0.2) is 0 Å². The monoisotopic (exact) mass is 585 g/mol. The van der Waals surface area contributed by atoms with Crippen LogP contribution in [-0.2, 0) is 19.2 Å². The number of para-hydroxylation sites is 1. The second-order valence-electron chi connectivity index (χ2n) is 11.8. The first-order valence-corrected chi connectivity index (χ1v) is 14.8. The number of benzene rings is 2. The highest BCUT2D eigenvalue weighted by atomic mass is 16.5. The number of amides is 3. The number of nitrogens with one attached hydrogen (secondary N) is 4. The molecule has 226 valence electrons. The van der Waals surface area contributed by atoms with E-state index in [0.29, 0.717) is 29.2 Å². The maximum Gasteiger partial charge on any atom is 0.289 e. The van der Waals surface area contributed by atoms with Crippen LogP contribution in [0.25, 0.3) is 16.6 Å². The lowest BCUT2D eigenvalue weighted by Crippen LogP contribution is -2.53. The van der Waals surface area contributed by atoms with E-state index in [1.807, 2.05) is 56.3 Å². The maximum absolute atomic E-state index is 14.2. The summed E-state index contributed by atoms with van der Waals surface area (Å²) in [5.74, 6) is -1.87. The van der Waals surface area contributed by atoms with Gasteiger partial charge in [0.05, 0.1) is 24.4 Å². The molecular formula is C33H39N5O5. The molecule has 1 saturated heterocycles. The SMILES string of the molecule is C=C(NC(CC(C)C)C(=O)N1CC(C(=O)Nc2ccccc2)CC1C(=O)C(=O)NC1CC1)c1cc2c(OC)cccc2[nH]1. The van der Waals surface area contributed by atoms with Crippen LogP contribution in [0.1, 0.15) is 45.2 Å². The van der Waals surface area contributed by atoms with Crippen LogP contribution in [0, 0.1) is 11.8 Å². The number of aromatic nitrogens is 1. The number of nitrogens with zero attached hydrogens (tertiary/aromatic N) is 1. The zero-order valence-corrected chi connectivity index (χ0v) is 24.8. The molecule has 4 N–H and O–H groups in total. The van der Waals surface area contributed by atoms with Crippen LogP contribution in [0.5, 0.6) is 5.75 Å². The number of anilines is 1. The van der Waals surface area contributed by atoms with Crippen molar-refractivity contribution < 1.29 is 23.9 Å². The average Bonchev–Trinajstić information content (AvgIpc) is 3.51. The number of Topliss-reactive ketones (excluding diaryl/α,β-unsaturated/α-hetero) is 1. The Kier molecular flexibility index (Phi) is 8.84. The number of fused-ring (bicyclic) bond motifs is 1. The number of rotatable bonds is 12. The zero-order valence-electron chi connectivity index (χ0n) is 24.8. The summed E-state index contributed by atoms with van der Waals surface area (Å²) in [6.45, 7) is 8.23. The minimum atomic E-state index is -1.04. The third-order valence-electron chi connectivity index (χ3n) is 7.96. The number of ether oxygens (including phenoxy) is 1. The Labute approximate surface area is 251 Å². The molecule has 0 bridgehead atoms. The zero-order chi connectivity index (χ0) is 30.7. The number of ketones is 1. The van der Waals surface area contributed by atoms with Gasteiger partial charge in [0.25, 0.3) is 5.91 Å². The first-order chi connectivity index (χ1) is 20.6. The Hall–Kier alpha value is -4.60. The second-order valence-corrected chi connectivity index (χ2v) is 11.8. The number of carbonyl (C=O) groups is 4. The van der Waals surface area contributed by atoms with E-state index in [-0.39, 0.29) is 36.7 Å². The molecule has 2 heterocycles. The van der Waals surface area contributed by atoms with Crippen LogP contribution in [0.2, 0.25) is 0 Å². The molecule has 1 saturated carbocycles. The van der Waals surface area contributed by atoms with Gasteiger partial charge in [-0.3, -0.25) is 19.2 Å². The maximum atomic E-state index is 14.2. The van der Waals surface area contributed by atoms with Crippen molar-refractivity contribution in [3.63, 3.8) is 0 Å². The largest absolute Gasteiger partial charge is 0.496 e. The van der Waals surface area contributed by atoms with Gasteiger partial charge in [-0.15, -0.1) is 0 Å². The van der Waals surface area contributed by atoms with Crippen molar-refractivity contribution in [2.75, 3.05) is 19.0 Å². The molecule has 5 rings (SSSR count). The van der Waals surface area contributed by atoms with E-state index in [2.05, 4.69) is 27.5 Å². The first-order valence-electron chi connectivity index (χ1n) is 14.8. The lowest BCUT2D eigenvalue weighted by molar-refractivity contribution is -0.145. The van der Waals surface area contributed by atoms with Crippen LogP contribution in [0.15, 0.2) is 61.2 Å². The molecule has 3 atom stereocenters. The summed E-state index contributed by atoms with van der Waals surface area (Å²) in [5.41, 5.74) is 2.68. The van der Waals surface area contributed by atoms with Gasteiger partial charge < -0.3 is 30.6 Å². The summed E-state index contributed by atoms with van der Waals surface area (Å²) in [7, 11) is 1.61. The fourth-order valence-corrected chi connectivity index (χ4v) is 5.57. The van der Waals surface area contributed by atoms with Gasteiger partial charge in [0.2, 0.25) is 17.6 Å². The minimum absolute atomic E-state index is 0.00667. The lowest BCUT2D eigenvalue weighted by Gasteiger charge is -2.30. The molecule has 2 aliphatic rings. The molecule has 3 aromatic rings. The molecule has 3 unspecified atom stereocenters. The van der Waals surface area contributed by atoms with Crippen LogP contribution in [-0.4, -0.2) is 65.2 Å². The van der Waals surface area contributed by atoms with Gasteiger partial charge in [-0.05, 0) is 61.9 Å². The Balaban J connectivity index is 1.38. The summed E-state index contributed by atoms with van der Waals surface area (Å²) in [6.07, 6.45) is 2.18. The molecule has 10 nitrogen and oxygen atoms in total. The Morgan fingerprint density at radius 3 is 2.49 bits per heavy atom. The van der Waals surface area contributed by atoms with Crippen molar-refractivity contribution in [3.8, 4) is 5.75 Å². The number of carbonyl (C=O) groups excluding carboxylic acids is 4. The molecule has 0 spiro atoms. The van der Waals surface area contributed by atoms with Crippen molar-refractivity contribution in [3.05, 3.63) is 66.9 Å². The van der Waals surface area contributed by atoms with E-state index in [0.717, 1.165) is 23.7 Å². The average molecular weight is 586 g/mol. The summed E-state index contributed by atoms with van der Waals surface area (Å²) in [4.78, 5) is 58.4. The van der Waals surface area contributed by atoms with Crippen molar-refractivity contribution >= 4 is 45.8 Å². The predicted molar refractivity (Wildman–Crippen MR) is 165 cm³/mol. The molecule has 1 aliphatic heterocycles. The molecule has 10 heteroatoms. The van der Waals surface area contributed by atoms with Crippen molar-refractivity contribution in [2.45, 2.75) is 57.7 Å². The van der Waals surface area contributed by atoms with E-state index in [1.165, 1.54) is 4.90 Å². The van der Waals surface area contributed by atoms with Crippen molar-refractivity contribution in [1.29, 1.82) is 0 Å². The smallest absolute Gasteiger partial charge is 0.289 e. The Morgan fingerprint density at radius 2 is 1.81 bits per heavy atom. The summed E-state index contributed by atoms with van der Waals surface area (Å²) in [5, 5.41) is 9.79. The van der Waals surface area contributed by atoms with Crippen molar-refractivity contribution in [1.82, 2.24) is 20.5 Å². The highest BCUT2D eigenvalue weighted by molar-refractivity contribution is 6.38. The van der Waals surface area contributed by atoms with Gasteiger partial charge in [0, 0.05) is 29.2 Å². The number of H-pyrrole nitrogens is 1. The third-order valence-corrected chi connectivity index (χ3v) is 7.96. The van der Waals surface area contributed by atoms with Crippen LogP contribution < -0.4 is 20.7 Å². The summed E-state index contributed by atoms with van der Waals surface area (Å²) >= 11 is 0. The number of hydrogen-bond acceptors (Lipinski definition) is 6. The highest BCUT2D eigenvalue weighted by Gasteiger charge is 2.46. The molecule has 1 aliphatic carbocycles. The first kappa shape index (κ1) is 29.9. The van der Waals surface area contributed by atoms with Gasteiger partial charge >= 0.3 is 0 Å². The highest BCUT2D eigenvalue weighted by Crippen LogP contribution is 2.30. The quantitative estimate of drug-likeness (QED) is 0.239. The Bertz CT molecular complexity index is 1530. The van der Waals surface area contributed by atoms with Gasteiger partial charge in [-0.25, -0.2) is 0 Å². The van der Waals surface area contributed by atoms with Crippen LogP contribution >= 0.6 is 0 Å². The third kappa shape index (κ3) is 6.90. The minimum Gasteiger partial charge on any atom is -0.496 e. The standard InChI is InChI=1S/C33H39N5O5/c1-19(2)15-27(34-20(3)26-17-24-25(37-26)11-8-12-29(24)43-4)33(42)38-18-21(31(40)35-22-9-6-5-7-10-22)16-28(38)30(39)32(41)36-23-13-14-23/h5-12,17,19,21,23,27-28,34,37H,3,13-16,18H2,1-2,4H3,(H,35,40)(H,36,41). The number of hydrogen-bond donors (Lipinski definition) is 4. The second kappa shape index (κ2) is 12.7. The van der Waals surface area contributed by atoms with Crippen LogP contribution in [0.4, 0.5) is 5.69 Å². The van der Waals surface area contributed by atoms with Crippen LogP contribution in [0.3, 0.4) is 0 Å². The van der Waals surface area contributed by atoms with Gasteiger partial charge in [-0.2, -0.15) is 0 Å². The Morgan fingerprint density at radius 1 is 1.07 bits per heavy atom. The summed E-state index contributed by atoms with van der Waals surface area (Å²) < 4.78 is 5.48. The normalized spacial score (nSPS) is 18.7. The fourth-order valence-electron chi connectivity index (χ4n) is 5.57. The lowest BCUT2D eigenvalue weighted by atomic mass is 10.00. The molecular weight excluding hydrogens is 546 g/mol. The van der Waals surface area contributed by atoms with Gasteiger partial charge in [0.1, 0.15) is 17.8 Å². The van der Waals surface area contributed by atoms with E-state index in [1.54, 1.807) is 19.2 Å². The predicted octanol–water partition coefficient (Wildman–Crippen LogP) is 3.86. The summed E-state index contributed by atoms with van der Waals surface area (Å²) in [6, 6.07) is 14.8. The number of likely N-dealkylation sites (tertiary alicyclic amines) is 1. The van der Waals surface area contributed by atoms with Gasteiger partial charge in [-0.1, -0.05) is 44.7 Å². The molecule has 2 fully saturated rings. The number of aromatic amines is 1. The fraction of sp³-hybridized carbons (Fsp3) is 0.394. The molecule has 1 aromatic heterocycles. The molecule has 2 aromatic carbocycles. The molecule has 43 heavy (non-hydrogen) atoms. The topological polar surface area (TPSA) is 133 Å². The molecule has 3 amide bonds. The number of methoxy groups -OCH3 is 1. The van der Waals surface area contributed by atoms with E-state index < -0.39 is 29.7 Å². The van der Waals surface area contributed by atoms with E-state index >= 15 is 0 Å². The van der Waals surface area contributed by atoms with E-state index in [4.69, 9.17) is 4.74 Å². The molecule has 0 radical (unpaired) electrons. The van der Waals surface area contributed by atoms with Crippen molar-refractivity contribution in [2.24, 2.45) is 11.8 Å².